The van der Waals surface area contributed by atoms with Crippen molar-refractivity contribution in [3.63, 3.8) is 0 Å². The largest absolute Gasteiger partial charge is 0.479 e. The molecule has 0 unspecified atom stereocenters. The number of nitrogens with one attached hydrogen (secondary N) is 1. The van der Waals surface area contributed by atoms with E-state index in [0.29, 0.717) is 18.3 Å². The van der Waals surface area contributed by atoms with Crippen molar-refractivity contribution in [3.05, 3.63) is 24.5 Å². The van der Waals surface area contributed by atoms with Crippen LogP contribution in [0.3, 0.4) is 0 Å². The van der Waals surface area contributed by atoms with Crippen LogP contribution in [0.15, 0.2) is 24.5 Å². The van der Waals surface area contributed by atoms with E-state index in [0.717, 1.165) is 29.6 Å². The van der Waals surface area contributed by atoms with Crippen molar-refractivity contribution in [1.82, 2.24) is 15.3 Å². The number of piperidine rings is 1. The first-order valence-electron chi connectivity index (χ1n) is 10.3. The Morgan fingerprint density at radius 1 is 1.28 bits per heavy atom. The lowest BCUT2D eigenvalue weighted by Gasteiger charge is -2.38. The topological polar surface area (TPSA) is 76.6 Å². The Morgan fingerprint density at radius 2 is 2.00 bits per heavy atom. The number of amides is 1. The van der Waals surface area contributed by atoms with E-state index in [1.165, 1.54) is 0 Å². The number of ether oxygens (including phenoxy) is 2. The van der Waals surface area contributed by atoms with Gasteiger partial charge < -0.3 is 19.7 Å². The molecule has 7 heteroatoms. The number of nitrogens with zero attached hydrogens (tertiary/aromatic N) is 3. The molecule has 2 aromatic rings. The van der Waals surface area contributed by atoms with Crippen LogP contribution in [0.5, 0.6) is 5.88 Å². The van der Waals surface area contributed by atoms with Gasteiger partial charge in [-0.25, -0.2) is 9.78 Å². The minimum atomic E-state index is -0.508. The SMILES string of the molecule is CC.COc1ncc(N2C[C@@H](C)C[C@@H](NC(=O)OC(C)(C)C)C2)c2cccnc12.[HH]. The van der Waals surface area contributed by atoms with Crippen LogP contribution in [-0.2, 0) is 4.74 Å². The molecule has 1 N–H and O–H groups in total. The zero-order valence-corrected chi connectivity index (χ0v) is 18.7. The average Bonchev–Trinajstić information content (AvgIpc) is 2.66. The maximum absolute atomic E-state index is 12.2. The molecule has 0 bridgehead atoms. The van der Waals surface area contributed by atoms with Crippen molar-refractivity contribution in [3.8, 4) is 5.88 Å². The van der Waals surface area contributed by atoms with Gasteiger partial charge in [0.1, 0.15) is 11.1 Å². The molecule has 3 heterocycles. The molecule has 0 spiro atoms. The molecule has 1 fully saturated rings. The van der Waals surface area contributed by atoms with Gasteiger partial charge >= 0.3 is 6.09 Å². The third kappa shape index (κ3) is 5.95. The first-order valence-corrected chi connectivity index (χ1v) is 10.3. The van der Waals surface area contributed by atoms with E-state index < -0.39 is 5.60 Å². The van der Waals surface area contributed by atoms with E-state index in [2.05, 4.69) is 27.1 Å². The second-order valence-corrected chi connectivity index (χ2v) is 8.14. The van der Waals surface area contributed by atoms with Crippen LogP contribution >= 0.6 is 0 Å². The number of hydrogen-bond acceptors (Lipinski definition) is 6. The zero-order chi connectivity index (χ0) is 21.6. The number of carbonyl (C=O) groups excluding carboxylic acids is 1. The van der Waals surface area contributed by atoms with E-state index in [1.807, 2.05) is 52.9 Å². The number of fused-ring (bicyclic) bond motifs is 1. The first-order chi connectivity index (χ1) is 13.8. The van der Waals surface area contributed by atoms with Crippen LogP contribution in [0.4, 0.5) is 10.5 Å². The lowest BCUT2D eigenvalue weighted by Crippen LogP contribution is -2.51. The highest BCUT2D eigenvalue weighted by Crippen LogP contribution is 2.32. The molecule has 1 amide bonds. The zero-order valence-electron chi connectivity index (χ0n) is 18.7. The van der Waals surface area contributed by atoms with E-state index in [4.69, 9.17) is 9.47 Å². The van der Waals surface area contributed by atoms with Gasteiger partial charge in [-0.2, -0.15) is 0 Å². The van der Waals surface area contributed by atoms with Crippen LogP contribution in [0.1, 0.15) is 49.4 Å². The molecule has 1 aliphatic heterocycles. The van der Waals surface area contributed by atoms with Crippen LogP contribution < -0.4 is 15.0 Å². The molecule has 2 aromatic heterocycles. The highest BCUT2D eigenvalue weighted by molar-refractivity contribution is 5.94. The minimum absolute atomic E-state index is 0. The predicted octanol–water partition coefficient (Wildman–Crippen LogP) is 4.65. The summed E-state index contributed by atoms with van der Waals surface area (Å²) in [6.45, 7) is 13.4. The summed E-state index contributed by atoms with van der Waals surface area (Å²) in [6, 6.07) is 3.95. The molecule has 7 nitrogen and oxygen atoms in total. The molecule has 29 heavy (non-hydrogen) atoms. The summed E-state index contributed by atoms with van der Waals surface area (Å²) in [5, 5.41) is 4.01. The summed E-state index contributed by atoms with van der Waals surface area (Å²) in [5.41, 5.74) is 1.24. The molecular weight excluding hydrogens is 368 g/mol. The first kappa shape index (κ1) is 22.7. The summed E-state index contributed by atoms with van der Waals surface area (Å²) in [5.74, 6) is 0.940. The molecule has 0 aromatic carbocycles. The average molecular weight is 405 g/mol. The van der Waals surface area contributed by atoms with Gasteiger partial charge in [-0.05, 0) is 45.2 Å². The van der Waals surface area contributed by atoms with Gasteiger partial charge in [0.15, 0.2) is 0 Å². The van der Waals surface area contributed by atoms with E-state index >= 15 is 0 Å². The number of aromatic nitrogens is 2. The van der Waals surface area contributed by atoms with E-state index in [9.17, 15) is 4.79 Å². The molecule has 0 saturated carbocycles. The predicted molar refractivity (Wildman–Crippen MR) is 119 cm³/mol. The maximum Gasteiger partial charge on any atom is 0.407 e. The fourth-order valence-corrected chi connectivity index (χ4v) is 3.56. The minimum Gasteiger partial charge on any atom is -0.479 e. The Morgan fingerprint density at radius 3 is 2.66 bits per heavy atom. The van der Waals surface area contributed by atoms with Gasteiger partial charge in [0.05, 0.1) is 19.0 Å². The Kier molecular flexibility index (Phi) is 7.65. The maximum atomic E-state index is 12.2. The second kappa shape index (κ2) is 9.76. The fourth-order valence-electron chi connectivity index (χ4n) is 3.56. The van der Waals surface area contributed by atoms with Crippen molar-refractivity contribution in [2.24, 2.45) is 5.92 Å². The van der Waals surface area contributed by atoms with Crippen molar-refractivity contribution >= 4 is 22.7 Å². The highest BCUT2D eigenvalue weighted by Gasteiger charge is 2.29. The normalized spacial score (nSPS) is 19.2. The van der Waals surface area contributed by atoms with Crippen LogP contribution in [-0.4, -0.2) is 47.9 Å². The van der Waals surface area contributed by atoms with Crippen LogP contribution in [0.25, 0.3) is 10.9 Å². The van der Waals surface area contributed by atoms with Crippen molar-refractivity contribution in [2.45, 2.75) is 59.6 Å². The number of pyridine rings is 2. The third-order valence-corrected chi connectivity index (χ3v) is 4.50. The molecule has 1 saturated heterocycles. The monoisotopic (exact) mass is 404 g/mol. The second-order valence-electron chi connectivity index (χ2n) is 8.14. The lowest BCUT2D eigenvalue weighted by atomic mass is 9.95. The van der Waals surface area contributed by atoms with Gasteiger partial charge in [-0.15, -0.1) is 0 Å². The number of carbonyl (C=O) groups is 1. The summed E-state index contributed by atoms with van der Waals surface area (Å²) in [6.07, 6.45) is 4.10. The van der Waals surface area contributed by atoms with Crippen molar-refractivity contribution < 1.29 is 15.7 Å². The fraction of sp³-hybridized carbons (Fsp3) is 0.591. The van der Waals surface area contributed by atoms with Gasteiger partial charge in [-0.1, -0.05) is 20.8 Å². The molecule has 1 aliphatic rings. The van der Waals surface area contributed by atoms with E-state index in [1.54, 1.807) is 13.3 Å². The quantitative estimate of drug-likeness (QED) is 0.802. The summed E-state index contributed by atoms with van der Waals surface area (Å²) < 4.78 is 10.8. The third-order valence-electron chi connectivity index (χ3n) is 4.50. The standard InChI is InChI=1S/C20H28N4O3.C2H6.H2/c1-13-9-14(23-19(25)27-20(2,3)4)12-24(11-13)16-10-22-18(26-5)17-15(16)7-6-8-21-17;1-2;/h6-8,10,13-14H,9,11-12H2,1-5H3,(H,23,25);1-2H3;1H/t13-,14+;;/m0../s1. The molecule has 0 aliphatic carbocycles. The van der Waals surface area contributed by atoms with Crippen LogP contribution in [0.2, 0.25) is 0 Å². The number of methoxy groups -OCH3 is 1. The van der Waals surface area contributed by atoms with Gasteiger partial charge in [0.2, 0.25) is 5.88 Å². The Bertz CT molecular complexity index is 826. The van der Waals surface area contributed by atoms with Gasteiger partial charge in [-0.3, -0.25) is 4.98 Å². The molecule has 2 atom stereocenters. The Hall–Kier alpha value is -2.57. The van der Waals surface area contributed by atoms with Gasteiger partial charge in [0.25, 0.3) is 0 Å². The van der Waals surface area contributed by atoms with Crippen molar-refractivity contribution in [2.75, 3.05) is 25.1 Å². The number of hydrogen-bond donors (Lipinski definition) is 1. The van der Waals surface area contributed by atoms with Crippen LogP contribution in [0, 0.1) is 5.92 Å². The summed E-state index contributed by atoms with van der Waals surface area (Å²) >= 11 is 0. The number of alkyl carbamates (subject to hydrolysis) is 1. The summed E-state index contributed by atoms with van der Waals surface area (Å²) in [7, 11) is 1.60. The molecular formula is C22H36N4O3. The highest BCUT2D eigenvalue weighted by atomic mass is 16.6. The Balaban J connectivity index is 0.00000146. The number of rotatable bonds is 3. The van der Waals surface area contributed by atoms with E-state index in [-0.39, 0.29) is 13.6 Å². The molecule has 162 valence electrons. The molecule has 0 radical (unpaired) electrons. The van der Waals surface area contributed by atoms with Crippen molar-refractivity contribution in [1.29, 1.82) is 0 Å². The number of anilines is 1. The Labute approximate surface area is 175 Å². The lowest BCUT2D eigenvalue weighted by molar-refractivity contribution is 0.0495. The van der Waals surface area contributed by atoms with Gasteiger partial charge in [0, 0.05) is 32.1 Å². The summed E-state index contributed by atoms with van der Waals surface area (Å²) in [4.78, 5) is 23.3. The molecule has 3 rings (SSSR count). The smallest absolute Gasteiger partial charge is 0.407 e.